The summed E-state index contributed by atoms with van der Waals surface area (Å²) in [6.45, 7) is 2.89. The number of carboxylic acids is 2. The summed E-state index contributed by atoms with van der Waals surface area (Å²) in [5.74, 6) is -3.95. The van der Waals surface area contributed by atoms with Crippen molar-refractivity contribution in [1.82, 2.24) is 4.90 Å². The molecule has 0 bridgehead atoms. The number of hydrogen-bond acceptors (Lipinski definition) is 4. The third kappa shape index (κ3) is 4.09. The number of hydrogen-bond donors (Lipinski definition) is 2. The fourth-order valence-electron chi connectivity index (χ4n) is 2.55. The van der Waals surface area contributed by atoms with Gasteiger partial charge in [0.1, 0.15) is 5.60 Å². The van der Waals surface area contributed by atoms with Gasteiger partial charge in [0, 0.05) is 13.1 Å². The molecule has 1 aliphatic heterocycles. The van der Waals surface area contributed by atoms with Crippen LogP contribution in [0.5, 0.6) is 0 Å². The molecule has 0 aromatic rings. The Kier molecular flexibility index (Phi) is 4.39. The Morgan fingerprint density at radius 2 is 1.71 bits per heavy atom. The lowest BCUT2D eigenvalue weighted by Crippen LogP contribution is -2.41. The van der Waals surface area contributed by atoms with Crippen molar-refractivity contribution in [2.24, 2.45) is 11.8 Å². The molecule has 7 heteroatoms. The van der Waals surface area contributed by atoms with Gasteiger partial charge in [0.15, 0.2) is 5.92 Å². The van der Waals surface area contributed by atoms with Crippen molar-refractivity contribution in [2.45, 2.75) is 44.6 Å². The lowest BCUT2D eigenvalue weighted by Gasteiger charge is -2.32. The van der Waals surface area contributed by atoms with Crippen molar-refractivity contribution >= 4 is 18.0 Å². The number of carbonyl (C=O) groups excluding carboxylic acids is 1. The number of carbonyl (C=O) groups is 3. The molecule has 1 saturated heterocycles. The van der Waals surface area contributed by atoms with Crippen molar-refractivity contribution < 1.29 is 29.3 Å². The van der Waals surface area contributed by atoms with E-state index in [0.717, 1.165) is 12.8 Å². The van der Waals surface area contributed by atoms with Crippen LogP contribution in [-0.4, -0.2) is 51.8 Å². The van der Waals surface area contributed by atoms with Gasteiger partial charge in [-0.1, -0.05) is 0 Å². The number of nitrogens with zero attached hydrogens (tertiary/aromatic N) is 1. The third-order valence-corrected chi connectivity index (χ3v) is 4.33. The number of amides is 1. The van der Waals surface area contributed by atoms with Crippen LogP contribution in [0.2, 0.25) is 0 Å². The van der Waals surface area contributed by atoms with Gasteiger partial charge >= 0.3 is 18.0 Å². The topological polar surface area (TPSA) is 104 Å². The van der Waals surface area contributed by atoms with Gasteiger partial charge in [0.2, 0.25) is 0 Å². The van der Waals surface area contributed by atoms with Gasteiger partial charge in [-0.3, -0.25) is 9.59 Å². The standard InChI is InChI=1S/C14H21NO6/c1-14(4-5-14)21-13(20)15-6-2-9(3-7-15)8-10(11(16)17)12(18)19/h9-10H,2-8H2,1H3,(H,16,17)(H,18,19). The quantitative estimate of drug-likeness (QED) is 0.747. The summed E-state index contributed by atoms with van der Waals surface area (Å²) in [6.07, 6.45) is 2.82. The zero-order valence-corrected chi connectivity index (χ0v) is 12.1. The normalized spacial score (nSPS) is 21.1. The highest BCUT2D eigenvalue weighted by atomic mass is 16.6. The van der Waals surface area contributed by atoms with Crippen LogP contribution < -0.4 is 0 Å². The molecule has 1 heterocycles. The molecule has 2 aliphatic rings. The Morgan fingerprint density at radius 3 is 2.14 bits per heavy atom. The summed E-state index contributed by atoms with van der Waals surface area (Å²) in [5, 5.41) is 17.8. The molecule has 21 heavy (non-hydrogen) atoms. The van der Waals surface area contributed by atoms with E-state index >= 15 is 0 Å². The zero-order valence-electron chi connectivity index (χ0n) is 12.1. The molecule has 2 rings (SSSR count). The average molecular weight is 299 g/mol. The van der Waals surface area contributed by atoms with E-state index in [1.807, 2.05) is 6.92 Å². The van der Waals surface area contributed by atoms with E-state index in [4.69, 9.17) is 14.9 Å². The minimum atomic E-state index is -1.36. The Bertz CT molecular complexity index is 423. The minimum absolute atomic E-state index is 0.0164. The lowest BCUT2D eigenvalue weighted by molar-refractivity contribution is -0.155. The van der Waals surface area contributed by atoms with E-state index in [1.165, 1.54) is 0 Å². The monoisotopic (exact) mass is 299 g/mol. The molecular formula is C14H21NO6. The van der Waals surface area contributed by atoms with Crippen LogP contribution in [0.4, 0.5) is 4.79 Å². The lowest BCUT2D eigenvalue weighted by atomic mass is 9.87. The Morgan fingerprint density at radius 1 is 1.19 bits per heavy atom. The molecule has 0 atom stereocenters. The van der Waals surface area contributed by atoms with Crippen molar-refractivity contribution in [3.05, 3.63) is 0 Å². The zero-order chi connectivity index (χ0) is 15.6. The maximum atomic E-state index is 11.9. The number of piperidine rings is 1. The molecule has 0 unspecified atom stereocenters. The highest BCUT2D eigenvalue weighted by Crippen LogP contribution is 2.39. The summed E-state index contributed by atoms with van der Waals surface area (Å²) in [7, 11) is 0. The molecule has 0 aromatic heterocycles. The van der Waals surface area contributed by atoms with Crippen molar-refractivity contribution in [1.29, 1.82) is 0 Å². The molecule has 2 N–H and O–H groups in total. The van der Waals surface area contributed by atoms with Crippen LogP contribution in [0, 0.1) is 11.8 Å². The van der Waals surface area contributed by atoms with Crippen LogP contribution in [-0.2, 0) is 14.3 Å². The predicted octanol–water partition coefficient (Wildman–Crippen LogP) is 1.56. The van der Waals surface area contributed by atoms with E-state index in [9.17, 15) is 14.4 Å². The Labute approximate surface area is 122 Å². The molecular weight excluding hydrogens is 278 g/mol. The molecule has 0 spiro atoms. The van der Waals surface area contributed by atoms with Gasteiger partial charge in [-0.2, -0.15) is 0 Å². The van der Waals surface area contributed by atoms with E-state index < -0.39 is 17.9 Å². The van der Waals surface area contributed by atoms with Gasteiger partial charge < -0.3 is 19.8 Å². The van der Waals surface area contributed by atoms with Crippen LogP contribution in [0.25, 0.3) is 0 Å². The van der Waals surface area contributed by atoms with E-state index in [1.54, 1.807) is 4.90 Å². The van der Waals surface area contributed by atoms with Gasteiger partial charge in [-0.25, -0.2) is 4.79 Å². The molecule has 118 valence electrons. The fourth-order valence-corrected chi connectivity index (χ4v) is 2.55. The van der Waals surface area contributed by atoms with Gasteiger partial charge in [0.25, 0.3) is 0 Å². The molecule has 0 aromatic carbocycles. The second-order valence-electron chi connectivity index (χ2n) is 6.21. The number of likely N-dealkylation sites (tertiary alicyclic amines) is 1. The summed E-state index contributed by atoms with van der Waals surface area (Å²) in [4.78, 5) is 35.3. The largest absolute Gasteiger partial charge is 0.481 e. The molecule has 1 amide bonds. The van der Waals surface area contributed by atoms with E-state index in [2.05, 4.69) is 0 Å². The predicted molar refractivity (Wildman–Crippen MR) is 71.8 cm³/mol. The molecule has 0 radical (unpaired) electrons. The smallest absolute Gasteiger partial charge is 0.410 e. The fraction of sp³-hybridized carbons (Fsp3) is 0.786. The third-order valence-electron chi connectivity index (χ3n) is 4.33. The van der Waals surface area contributed by atoms with Crippen LogP contribution in [0.1, 0.15) is 39.0 Å². The summed E-state index contributed by atoms with van der Waals surface area (Å²) in [6, 6.07) is 0. The first-order valence-corrected chi connectivity index (χ1v) is 7.24. The summed E-state index contributed by atoms with van der Waals surface area (Å²) >= 11 is 0. The van der Waals surface area contributed by atoms with Crippen molar-refractivity contribution in [3.63, 3.8) is 0 Å². The average Bonchev–Trinajstić information content (AvgIpc) is 3.13. The van der Waals surface area contributed by atoms with E-state index in [-0.39, 0.29) is 24.0 Å². The molecule has 7 nitrogen and oxygen atoms in total. The summed E-state index contributed by atoms with van der Waals surface area (Å²) < 4.78 is 5.38. The number of aliphatic carboxylic acids is 2. The Balaban J connectivity index is 1.78. The second kappa shape index (κ2) is 5.91. The highest BCUT2D eigenvalue weighted by Gasteiger charge is 2.43. The van der Waals surface area contributed by atoms with Crippen LogP contribution in [0.15, 0.2) is 0 Å². The van der Waals surface area contributed by atoms with Crippen LogP contribution in [0.3, 0.4) is 0 Å². The van der Waals surface area contributed by atoms with Crippen molar-refractivity contribution in [3.8, 4) is 0 Å². The maximum absolute atomic E-state index is 11.9. The van der Waals surface area contributed by atoms with Crippen LogP contribution >= 0.6 is 0 Å². The van der Waals surface area contributed by atoms with Gasteiger partial charge in [-0.15, -0.1) is 0 Å². The van der Waals surface area contributed by atoms with Crippen molar-refractivity contribution in [2.75, 3.05) is 13.1 Å². The summed E-state index contributed by atoms with van der Waals surface area (Å²) in [5.41, 5.74) is -0.300. The SMILES string of the molecule is CC1(OC(=O)N2CCC(CC(C(=O)O)C(=O)O)CC2)CC1. The van der Waals surface area contributed by atoms with Gasteiger partial charge in [-0.05, 0) is 44.9 Å². The molecule has 1 saturated carbocycles. The molecule has 1 aliphatic carbocycles. The number of carboxylic acid groups (broad SMARTS) is 2. The second-order valence-corrected chi connectivity index (χ2v) is 6.21. The number of ether oxygens (including phenoxy) is 1. The van der Waals surface area contributed by atoms with Gasteiger partial charge in [0.05, 0.1) is 0 Å². The molecule has 2 fully saturated rings. The number of rotatable bonds is 5. The highest BCUT2D eigenvalue weighted by molar-refractivity contribution is 5.92. The maximum Gasteiger partial charge on any atom is 0.410 e. The van der Waals surface area contributed by atoms with E-state index in [0.29, 0.717) is 25.9 Å². The minimum Gasteiger partial charge on any atom is -0.481 e. The first kappa shape index (κ1) is 15.6. The Hall–Kier alpha value is -1.79. The first-order chi connectivity index (χ1) is 9.81. The first-order valence-electron chi connectivity index (χ1n) is 7.24.